The summed E-state index contributed by atoms with van der Waals surface area (Å²) in [5.74, 6) is 0. The van der Waals surface area contributed by atoms with Crippen LogP contribution in [0.3, 0.4) is 0 Å². The van der Waals surface area contributed by atoms with Gasteiger partial charge in [-0.2, -0.15) is 0 Å². The number of rotatable bonds is 7. The lowest BCUT2D eigenvalue weighted by molar-refractivity contribution is 0.125. The standard InChI is InChI=1S/C13H19NO/c1-2-3-10-15-11-13-7-5-4-6-12(13)8-9-14/h2,4-7H,1,3,8-11,14H2. The Morgan fingerprint density at radius 3 is 2.67 bits per heavy atom. The zero-order valence-corrected chi connectivity index (χ0v) is 9.11. The quantitative estimate of drug-likeness (QED) is 0.547. The van der Waals surface area contributed by atoms with Crippen molar-refractivity contribution in [3.05, 3.63) is 48.0 Å². The van der Waals surface area contributed by atoms with Gasteiger partial charge in [0, 0.05) is 0 Å². The fraction of sp³-hybridized carbons (Fsp3) is 0.385. The summed E-state index contributed by atoms with van der Waals surface area (Å²) in [4.78, 5) is 0. The van der Waals surface area contributed by atoms with Crippen LogP contribution in [0.25, 0.3) is 0 Å². The number of ether oxygens (including phenoxy) is 1. The summed E-state index contributed by atoms with van der Waals surface area (Å²) in [7, 11) is 0. The predicted octanol–water partition coefficient (Wildman–Crippen LogP) is 2.28. The molecular formula is C13H19NO. The molecule has 2 N–H and O–H groups in total. The molecule has 0 aliphatic carbocycles. The Morgan fingerprint density at radius 1 is 1.27 bits per heavy atom. The monoisotopic (exact) mass is 205 g/mol. The van der Waals surface area contributed by atoms with E-state index in [2.05, 4.69) is 18.7 Å². The average Bonchev–Trinajstić information content (AvgIpc) is 2.27. The van der Waals surface area contributed by atoms with Gasteiger partial charge in [0.25, 0.3) is 0 Å². The van der Waals surface area contributed by atoms with E-state index in [1.165, 1.54) is 11.1 Å². The summed E-state index contributed by atoms with van der Waals surface area (Å²) in [6.07, 6.45) is 3.69. The van der Waals surface area contributed by atoms with Gasteiger partial charge in [0.2, 0.25) is 0 Å². The zero-order chi connectivity index (χ0) is 10.9. The summed E-state index contributed by atoms with van der Waals surface area (Å²) in [6, 6.07) is 8.28. The van der Waals surface area contributed by atoms with Crippen molar-refractivity contribution >= 4 is 0 Å². The number of hydrogen-bond acceptors (Lipinski definition) is 2. The van der Waals surface area contributed by atoms with Gasteiger partial charge in [-0.15, -0.1) is 6.58 Å². The predicted molar refractivity (Wildman–Crippen MR) is 63.7 cm³/mol. The molecule has 0 bridgehead atoms. The van der Waals surface area contributed by atoms with E-state index in [9.17, 15) is 0 Å². The number of nitrogens with two attached hydrogens (primary N) is 1. The third kappa shape index (κ3) is 4.28. The lowest BCUT2D eigenvalue weighted by Gasteiger charge is -2.08. The molecule has 2 nitrogen and oxygen atoms in total. The molecule has 0 heterocycles. The maximum Gasteiger partial charge on any atom is 0.0719 e. The lowest BCUT2D eigenvalue weighted by Crippen LogP contribution is -2.06. The van der Waals surface area contributed by atoms with Crippen molar-refractivity contribution in [2.24, 2.45) is 5.73 Å². The molecule has 0 radical (unpaired) electrons. The molecule has 15 heavy (non-hydrogen) atoms. The minimum absolute atomic E-state index is 0.671. The SMILES string of the molecule is C=CCCOCc1ccccc1CCN. The molecule has 0 aliphatic rings. The van der Waals surface area contributed by atoms with Crippen LogP contribution in [0.1, 0.15) is 17.5 Å². The van der Waals surface area contributed by atoms with Crippen LogP contribution >= 0.6 is 0 Å². The average molecular weight is 205 g/mol. The Bertz CT molecular complexity index is 296. The first-order chi connectivity index (χ1) is 7.38. The first-order valence-electron chi connectivity index (χ1n) is 5.34. The summed E-state index contributed by atoms with van der Waals surface area (Å²) in [5, 5.41) is 0. The van der Waals surface area contributed by atoms with Crippen LogP contribution in [-0.4, -0.2) is 13.2 Å². The number of benzene rings is 1. The van der Waals surface area contributed by atoms with E-state index in [1.807, 2.05) is 18.2 Å². The van der Waals surface area contributed by atoms with Crippen LogP contribution in [0.2, 0.25) is 0 Å². The van der Waals surface area contributed by atoms with Gasteiger partial charge in [0.15, 0.2) is 0 Å². The Hall–Kier alpha value is -1.12. The third-order valence-corrected chi connectivity index (χ3v) is 2.26. The minimum atomic E-state index is 0.671. The smallest absolute Gasteiger partial charge is 0.0719 e. The van der Waals surface area contributed by atoms with Gasteiger partial charge in [0.05, 0.1) is 13.2 Å². The van der Waals surface area contributed by atoms with E-state index in [0.717, 1.165) is 19.4 Å². The molecule has 0 unspecified atom stereocenters. The van der Waals surface area contributed by atoms with Crippen LogP contribution < -0.4 is 5.73 Å². The third-order valence-electron chi connectivity index (χ3n) is 2.26. The highest BCUT2D eigenvalue weighted by molar-refractivity contribution is 5.26. The molecule has 0 amide bonds. The first kappa shape index (κ1) is 12.0. The van der Waals surface area contributed by atoms with E-state index in [1.54, 1.807) is 0 Å². The van der Waals surface area contributed by atoms with Gasteiger partial charge < -0.3 is 10.5 Å². The van der Waals surface area contributed by atoms with Crippen molar-refractivity contribution in [1.29, 1.82) is 0 Å². The first-order valence-corrected chi connectivity index (χ1v) is 5.34. The Morgan fingerprint density at radius 2 is 2.00 bits per heavy atom. The maximum absolute atomic E-state index is 5.55. The molecule has 1 aromatic carbocycles. The van der Waals surface area contributed by atoms with Crippen molar-refractivity contribution in [1.82, 2.24) is 0 Å². The lowest BCUT2D eigenvalue weighted by atomic mass is 10.1. The molecule has 2 heteroatoms. The molecule has 1 rings (SSSR count). The van der Waals surface area contributed by atoms with Crippen LogP contribution in [0.15, 0.2) is 36.9 Å². The van der Waals surface area contributed by atoms with Crippen LogP contribution in [0, 0.1) is 0 Å². The van der Waals surface area contributed by atoms with E-state index in [4.69, 9.17) is 10.5 Å². The van der Waals surface area contributed by atoms with Crippen LogP contribution in [0.4, 0.5) is 0 Å². The Balaban J connectivity index is 2.47. The molecule has 0 aliphatic heterocycles. The zero-order valence-electron chi connectivity index (χ0n) is 9.11. The second-order valence-corrected chi connectivity index (χ2v) is 3.44. The van der Waals surface area contributed by atoms with E-state index in [0.29, 0.717) is 13.2 Å². The summed E-state index contributed by atoms with van der Waals surface area (Å²) in [5.41, 5.74) is 8.08. The van der Waals surface area contributed by atoms with E-state index in [-0.39, 0.29) is 0 Å². The van der Waals surface area contributed by atoms with Crippen molar-refractivity contribution in [2.45, 2.75) is 19.4 Å². The van der Waals surface area contributed by atoms with Crippen LogP contribution in [-0.2, 0) is 17.8 Å². The topological polar surface area (TPSA) is 35.2 Å². The molecule has 0 saturated carbocycles. The summed E-state index contributed by atoms with van der Waals surface area (Å²) >= 11 is 0. The Labute approximate surface area is 91.7 Å². The van der Waals surface area contributed by atoms with Gasteiger partial charge >= 0.3 is 0 Å². The highest BCUT2D eigenvalue weighted by Gasteiger charge is 2.00. The van der Waals surface area contributed by atoms with Gasteiger partial charge in [-0.05, 0) is 30.5 Å². The molecule has 0 saturated heterocycles. The molecule has 1 aromatic rings. The van der Waals surface area contributed by atoms with Gasteiger partial charge in [-0.3, -0.25) is 0 Å². The van der Waals surface area contributed by atoms with Crippen molar-refractivity contribution in [3.63, 3.8) is 0 Å². The highest BCUT2D eigenvalue weighted by atomic mass is 16.5. The van der Waals surface area contributed by atoms with Gasteiger partial charge in [-0.1, -0.05) is 30.3 Å². The number of hydrogen-bond donors (Lipinski definition) is 1. The fourth-order valence-corrected chi connectivity index (χ4v) is 1.45. The normalized spacial score (nSPS) is 10.2. The maximum atomic E-state index is 5.55. The molecule has 0 aromatic heterocycles. The molecule has 0 fully saturated rings. The van der Waals surface area contributed by atoms with Crippen molar-refractivity contribution in [2.75, 3.05) is 13.2 Å². The minimum Gasteiger partial charge on any atom is -0.376 e. The van der Waals surface area contributed by atoms with Gasteiger partial charge in [-0.25, -0.2) is 0 Å². The second-order valence-electron chi connectivity index (χ2n) is 3.44. The Kier molecular flexibility index (Phi) is 5.74. The summed E-state index contributed by atoms with van der Waals surface area (Å²) < 4.78 is 5.54. The van der Waals surface area contributed by atoms with Crippen molar-refractivity contribution in [3.8, 4) is 0 Å². The second kappa shape index (κ2) is 7.21. The van der Waals surface area contributed by atoms with Crippen molar-refractivity contribution < 1.29 is 4.74 Å². The van der Waals surface area contributed by atoms with E-state index >= 15 is 0 Å². The molecule has 0 atom stereocenters. The van der Waals surface area contributed by atoms with Crippen LogP contribution in [0.5, 0.6) is 0 Å². The molecule has 0 spiro atoms. The van der Waals surface area contributed by atoms with E-state index < -0.39 is 0 Å². The van der Waals surface area contributed by atoms with Gasteiger partial charge in [0.1, 0.15) is 0 Å². The highest BCUT2D eigenvalue weighted by Crippen LogP contribution is 2.10. The molecule has 82 valence electrons. The largest absolute Gasteiger partial charge is 0.376 e. The summed E-state index contributed by atoms with van der Waals surface area (Å²) in [6.45, 7) is 5.75. The molecular weight excluding hydrogens is 186 g/mol. The fourth-order valence-electron chi connectivity index (χ4n) is 1.45.